The molecule has 3 aliphatic rings. The number of hydrogen-bond acceptors (Lipinski definition) is 8. The van der Waals surface area contributed by atoms with E-state index in [9.17, 15) is 9.59 Å². The van der Waals surface area contributed by atoms with Crippen LogP contribution in [-0.2, 0) is 14.3 Å². The summed E-state index contributed by atoms with van der Waals surface area (Å²) >= 11 is 0. The lowest BCUT2D eigenvalue weighted by molar-refractivity contribution is -0.134. The molecule has 2 atom stereocenters. The molecule has 2 aromatic heterocycles. The van der Waals surface area contributed by atoms with Crippen molar-refractivity contribution < 1.29 is 19.1 Å². The largest absolute Gasteiger partial charge is 0.453 e. The van der Waals surface area contributed by atoms with E-state index in [0.717, 1.165) is 32.1 Å². The third-order valence-electron chi connectivity index (χ3n) is 6.35. The van der Waals surface area contributed by atoms with Gasteiger partial charge < -0.3 is 20.5 Å². The number of nitrogen functional groups attached to an aromatic ring is 1. The normalized spacial score (nSPS) is 22.3. The minimum atomic E-state index is -0.484. The van der Waals surface area contributed by atoms with Gasteiger partial charge in [0.1, 0.15) is 17.8 Å². The van der Waals surface area contributed by atoms with Crippen LogP contribution in [0.2, 0.25) is 0 Å². The molecule has 1 aliphatic heterocycles. The molecule has 0 aromatic carbocycles. The van der Waals surface area contributed by atoms with E-state index in [0.29, 0.717) is 30.0 Å². The van der Waals surface area contributed by atoms with Crippen LogP contribution in [-0.4, -0.2) is 68.3 Å². The summed E-state index contributed by atoms with van der Waals surface area (Å²) in [4.78, 5) is 39.1. The van der Waals surface area contributed by atoms with E-state index >= 15 is 0 Å². The predicted octanol–water partition coefficient (Wildman–Crippen LogP) is 1.34. The predicted molar refractivity (Wildman–Crippen MR) is 118 cm³/mol. The van der Waals surface area contributed by atoms with Crippen molar-refractivity contribution in [3.05, 3.63) is 12.2 Å². The smallest absolute Gasteiger partial charge is 0.410 e. The zero-order chi connectivity index (χ0) is 22.9. The van der Waals surface area contributed by atoms with Gasteiger partial charge in [0.25, 0.3) is 0 Å². The van der Waals surface area contributed by atoms with Gasteiger partial charge in [0.2, 0.25) is 11.7 Å². The molecule has 2 amide bonds. The van der Waals surface area contributed by atoms with E-state index in [1.54, 1.807) is 15.8 Å². The Kier molecular flexibility index (Phi) is 5.76. The molecule has 11 heteroatoms. The Morgan fingerprint density at radius 2 is 2.09 bits per heavy atom. The molecule has 3 heterocycles. The van der Waals surface area contributed by atoms with Gasteiger partial charge in [0, 0.05) is 12.1 Å². The number of hydrogen-bond donors (Lipinski definition) is 2. The van der Waals surface area contributed by atoms with Crippen molar-refractivity contribution in [1.29, 1.82) is 0 Å². The van der Waals surface area contributed by atoms with Gasteiger partial charge in [-0.3, -0.25) is 14.3 Å². The number of methoxy groups -OCH3 is 1. The summed E-state index contributed by atoms with van der Waals surface area (Å²) in [5.41, 5.74) is 7.06. The molecule has 2 aliphatic carbocycles. The summed E-state index contributed by atoms with van der Waals surface area (Å²) in [5, 5.41) is 2.99. The van der Waals surface area contributed by atoms with Gasteiger partial charge in [-0.2, -0.15) is 0 Å². The molecular formula is C22H27N7O4. The molecule has 0 bridgehead atoms. The maximum Gasteiger partial charge on any atom is 0.410 e. The molecule has 33 heavy (non-hydrogen) atoms. The molecule has 2 aromatic rings. The van der Waals surface area contributed by atoms with Gasteiger partial charge in [0.15, 0.2) is 11.5 Å². The van der Waals surface area contributed by atoms with E-state index in [4.69, 9.17) is 15.2 Å². The number of nitrogens with one attached hydrogen (secondary N) is 1. The third-order valence-corrected chi connectivity index (χ3v) is 6.35. The van der Waals surface area contributed by atoms with Crippen LogP contribution in [0.25, 0.3) is 11.2 Å². The van der Waals surface area contributed by atoms with E-state index in [1.807, 2.05) is 0 Å². The molecular weight excluding hydrogens is 426 g/mol. The molecule has 5 rings (SSSR count). The zero-order valence-electron chi connectivity index (χ0n) is 18.5. The number of anilines is 1. The van der Waals surface area contributed by atoms with Crippen molar-refractivity contribution in [1.82, 2.24) is 29.7 Å². The Labute approximate surface area is 191 Å². The molecule has 1 saturated heterocycles. The highest BCUT2D eigenvalue weighted by Crippen LogP contribution is 2.32. The summed E-state index contributed by atoms with van der Waals surface area (Å²) in [7, 11) is 1.37. The highest BCUT2D eigenvalue weighted by molar-refractivity contribution is 5.83. The van der Waals surface area contributed by atoms with Crippen LogP contribution >= 0.6 is 0 Å². The first-order valence-corrected chi connectivity index (χ1v) is 11.3. The molecule has 11 nitrogen and oxygen atoms in total. The lowest BCUT2D eigenvalue weighted by atomic mass is 9.92. The van der Waals surface area contributed by atoms with Crippen LogP contribution in [0.1, 0.15) is 57.0 Å². The Hall–Kier alpha value is -3.39. The van der Waals surface area contributed by atoms with Crippen LogP contribution < -0.4 is 11.1 Å². The topological polar surface area (TPSA) is 137 Å². The number of ether oxygens (including phenoxy) is 2. The highest BCUT2D eigenvalue weighted by Gasteiger charge is 2.35. The van der Waals surface area contributed by atoms with Crippen LogP contribution in [0, 0.1) is 11.8 Å². The van der Waals surface area contributed by atoms with Crippen LogP contribution in [0.5, 0.6) is 0 Å². The van der Waals surface area contributed by atoms with Gasteiger partial charge in [-0.05, 0) is 50.9 Å². The summed E-state index contributed by atoms with van der Waals surface area (Å²) < 4.78 is 12.6. The summed E-state index contributed by atoms with van der Waals surface area (Å²) in [6.45, 7) is 0.224. The van der Waals surface area contributed by atoms with Crippen molar-refractivity contribution in [2.75, 3.05) is 19.4 Å². The van der Waals surface area contributed by atoms with E-state index in [1.165, 1.54) is 7.11 Å². The maximum atomic E-state index is 12.3. The second kappa shape index (κ2) is 8.86. The fourth-order valence-electron chi connectivity index (χ4n) is 4.11. The molecule has 3 N–H and O–H groups in total. The van der Waals surface area contributed by atoms with Crippen LogP contribution in [0.15, 0.2) is 6.33 Å². The van der Waals surface area contributed by atoms with Gasteiger partial charge in [-0.25, -0.2) is 19.7 Å². The van der Waals surface area contributed by atoms with E-state index in [2.05, 4.69) is 32.1 Å². The van der Waals surface area contributed by atoms with Crippen molar-refractivity contribution >= 4 is 29.0 Å². The van der Waals surface area contributed by atoms with Crippen LogP contribution in [0.3, 0.4) is 0 Å². The molecule has 0 unspecified atom stereocenters. The van der Waals surface area contributed by atoms with E-state index in [-0.39, 0.29) is 42.5 Å². The van der Waals surface area contributed by atoms with Gasteiger partial charge in [0.05, 0.1) is 20.0 Å². The van der Waals surface area contributed by atoms with Crippen molar-refractivity contribution in [2.24, 2.45) is 0 Å². The van der Waals surface area contributed by atoms with Gasteiger partial charge >= 0.3 is 6.09 Å². The van der Waals surface area contributed by atoms with Crippen LogP contribution in [0.4, 0.5) is 10.6 Å². The minimum Gasteiger partial charge on any atom is -0.453 e. The van der Waals surface area contributed by atoms with Crippen molar-refractivity contribution in [3.63, 3.8) is 0 Å². The molecule has 174 valence electrons. The Morgan fingerprint density at radius 1 is 1.27 bits per heavy atom. The Bertz CT molecular complexity index is 1130. The number of fused-ring (bicyclic) bond motifs is 1. The first-order chi connectivity index (χ1) is 16.0. The SMILES string of the molecule is COC(=O)N(CC#Cc1nc(N)c2ncn([C@H]3CC[C@@H](C(=O)NC4CC4)O3)c2n1)C1CCC1. The first kappa shape index (κ1) is 21.5. The lowest BCUT2D eigenvalue weighted by Crippen LogP contribution is -2.44. The van der Waals surface area contributed by atoms with Crippen molar-refractivity contribution in [3.8, 4) is 11.8 Å². The number of carbonyl (C=O) groups excluding carboxylic acids is 2. The number of carbonyl (C=O) groups is 2. The first-order valence-electron chi connectivity index (χ1n) is 11.3. The number of imidazole rings is 1. The lowest BCUT2D eigenvalue weighted by Gasteiger charge is -2.35. The third kappa shape index (κ3) is 4.43. The minimum absolute atomic E-state index is 0.0632. The standard InChI is InChI=1S/C22H27N7O4/c1-32-22(31)28(14-4-2-5-14)11-3-6-16-26-19(23)18-20(27-16)29(12-24-18)17-10-9-15(33-17)21(30)25-13-7-8-13/h12-15,17H,2,4-5,7-11H2,1H3,(H,25,30)(H2,23,26,27)/t15-,17+/m0/s1. The molecule has 3 fully saturated rings. The fourth-order valence-corrected chi connectivity index (χ4v) is 4.11. The summed E-state index contributed by atoms with van der Waals surface area (Å²) in [6.07, 6.45) is 6.72. The highest BCUT2D eigenvalue weighted by atomic mass is 16.5. The summed E-state index contributed by atoms with van der Waals surface area (Å²) in [5.74, 6) is 6.26. The number of nitrogens with two attached hydrogens (primary N) is 1. The molecule has 2 saturated carbocycles. The fraction of sp³-hybridized carbons (Fsp3) is 0.591. The Morgan fingerprint density at radius 3 is 2.79 bits per heavy atom. The average molecular weight is 454 g/mol. The number of amides is 2. The quantitative estimate of drug-likeness (QED) is 0.647. The monoisotopic (exact) mass is 453 g/mol. The number of aromatic nitrogens is 4. The van der Waals surface area contributed by atoms with Gasteiger partial charge in [-0.1, -0.05) is 5.92 Å². The second-order valence-corrected chi connectivity index (χ2v) is 8.68. The second-order valence-electron chi connectivity index (χ2n) is 8.68. The maximum absolute atomic E-state index is 12.3. The number of rotatable bonds is 5. The van der Waals surface area contributed by atoms with Crippen molar-refractivity contribution in [2.45, 2.75) is 69.4 Å². The summed E-state index contributed by atoms with van der Waals surface area (Å²) in [6, 6.07) is 0.452. The number of nitrogens with zero attached hydrogens (tertiary/aromatic N) is 5. The van der Waals surface area contributed by atoms with Gasteiger partial charge in [-0.15, -0.1) is 0 Å². The zero-order valence-corrected chi connectivity index (χ0v) is 18.5. The molecule has 0 radical (unpaired) electrons. The molecule has 0 spiro atoms. The Balaban J connectivity index is 1.32. The average Bonchev–Trinajstić information content (AvgIpc) is 3.27. The van der Waals surface area contributed by atoms with E-state index < -0.39 is 6.10 Å².